The number of nitrogens with zero attached hydrogens (tertiary/aromatic N) is 2. The number of carbonyl (C=O) groups excluding carboxylic acids is 1. The molecule has 0 aliphatic carbocycles. The van der Waals surface area contributed by atoms with E-state index < -0.39 is 0 Å². The third kappa shape index (κ3) is 4.04. The molecule has 0 spiro atoms. The van der Waals surface area contributed by atoms with Gasteiger partial charge in [0.15, 0.2) is 10.9 Å². The number of fused-ring (bicyclic) bond motifs is 1. The minimum Gasteiger partial charge on any atom is -0.293 e. The molecule has 4 nitrogen and oxygen atoms in total. The average Bonchev–Trinajstić information content (AvgIpc) is 2.73. The number of hydrogen-bond donors (Lipinski definition) is 0. The lowest BCUT2D eigenvalue weighted by molar-refractivity contribution is 0.102. The summed E-state index contributed by atoms with van der Waals surface area (Å²) in [5.41, 5.74) is 2.86. The third-order valence-corrected chi connectivity index (χ3v) is 6.07. The number of carbonyl (C=O) groups is 1. The lowest BCUT2D eigenvalue weighted by Crippen LogP contribution is -2.23. The van der Waals surface area contributed by atoms with Crippen molar-refractivity contribution < 1.29 is 4.79 Å². The van der Waals surface area contributed by atoms with E-state index in [9.17, 15) is 9.59 Å². The molecule has 0 N–H and O–H groups in total. The van der Waals surface area contributed by atoms with E-state index in [2.05, 4.69) is 15.9 Å². The first kappa shape index (κ1) is 19.6. The van der Waals surface area contributed by atoms with Crippen molar-refractivity contribution in [3.63, 3.8) is 0 Å². The van der Waals surface area contributed by atoms with Crippen molar-refractivity contribution in [3.05, 3.63) is 98.7 Å². The van der Waals surface area contributed by atoms with Crippen LogP contribution in [0.25, 0.3) is 16.6 Å². The summed E-state index contributed by atoms with van der Waals surface area (Å²) in [4.78, 5) is 30.6. The van der Waals surface area contributed by atoms with Gasteiger partial charge in [0.2, 0.25) is 0 Å². The van der Waals surface area contributed by atoms with Crippen LogP contribution in [-0.4, -0.2) is 21.1 Å². The Balaban J connectivity index is 1.77. The van der Waals surface area contributed by atoms with Gasteiger partial charge in [-0.05, 0) is 42.8 Å². The third-order valence-electron chi connectivity index (χ3n) is 4.60. The lowest BCUT2D eigenvalue weighted by Gasteiger charge is -2.15. The van der Waals surface area contributed by atoms with E-state index in [1.807, 2.05) is 61.5 Å². The molecule has 144 valence electrons. The van der Waals surface area contributed by atoms with Gasteiger partial charge in [0.1, 0.15) is 0 Å². The van der Waals surface area contributed by atoms with Crippen molar-refractivity contribution in [2.24, 2.45) is 0 Å². The van der Waals surface area contributed by atoms with Gasteiger partial charge in [0, 0.05) is 10.0 Å². The van der Waals surface area contributed by atoms with E-state index in [0.717, 1.165) is 15.7 Å². The standard InChI is InChI=1S/C23H17BrN2O2S/c1-15-6-2-5-9-20(15)26-22(28)18-7-3-4-8-19(18)25-23(26)29-14-21(27)16-10-12-17(24)13-11-16/h2-13H,14H2,1H3. The Morgan fingerprint density at radius 3 is 2.45 bits per heavy atom. The summed E-state index contributed by atoms with van der Waals surface area (Å²) in [5.74, 6) is 0.180. The van der Waals surface area contributed by atoms with Crippen LogP contribution in [0.3, 0.4) is 0 Å². The fourth-order valence-electron chi connectivity index (χ4n) is 3.09. The summed E-state index contributed by atoms with van der Waals surface area (Å²) in [6.07, 6.45) is 0. The predicted octanol–water partition coefficient (Wildman–Crippen LogP) is 5.43. The highest BCUT2D eigenvalue weighted by atomic mass is 79.9. The SMILES string of the molecule is Cc1ccccc1-n1c(SCC(=O)c2ccc(Br)cc2)nc2ccccc2c1=O. The Hall–Kier alpha value is -2.70. The highest BCUT2D eigenvalue weighted by molar-refractivity contribution is 9.10. The van der Waals surface area contributed by atoms with Crippen molar-refractivity contribution in [3.8, 4) is 5.69 Å². The number of para-hydroxylation sites is 2. The van der Waals surface area contributed by atoms with Gasteiger partial charge in [-0.15, -0.1) is 0 Å². The zero-order valence-electron chi connectivity index (χ0n) is 15.6. The molecule has 1 aromatic heterocycles. The van der Waals surface area contributed by atoms with Crippen LogP contribution >= 0.6 is 27.7 Å². The van der Waals surface area contributed by atoms with Crippen LogP contribution in [0, 0.1) is 6.92 Å². The summed E-state index contributed by atoms with van der Waals surface area (Å²) < 4.78 is 2.53. The Bertz CT molecular complexity index is 1270. The van der Waals surface area contributed by atoms with Gasteiger partial charge in [-0.2, -0.15) is 0 Å². The number of rotatable bonds is 5. The maximum Gasteiger partial charge on any atom is 0.266 e. The van der Waals surface area contributed by atoms with E-state index in [1.165, 1.54) is 11.8 Å². The second-order valence-corrected chi connectivity index (χ2v) is 8.42. The molecular formula is C23H17BrN2O2S. The van der Waals surface area contributed by atoms with Crippen LogP contribution in [0.15, 0.2) is 87.2 Å². The quantitative estimate of drug-likeness (QED) is 0.224. The summed E-state index contributed by atoms with van der Waals surface area (Å²) in [6, 6.07) is 22.2. The Morgan fingerprint density at radius 2 is 1.69 bits per heavy atom. The number of Topliss-reactive ketones (excluding diaryl/α,β-unsaturated/α-hetero) is 1. The molecule has 0 amide bonds. The highest BCUT2D eigenvalue weighted by Crippen LogP contribution is 2.24. The van der Waals surface area contributed by atoms with Crippen LogP contribution in [0.5, 0.6) is 0 Å². The van der Waals surface area contributed by atoms with E-state index in [4.69, 9.17) is 4.98 Å². The molecule has 0 unspecified atom stereocenters. The Morgan fingerprint density at radius 1 is 1.00 bits per heavy atom. The van der Waals surface area contributed by atoms with Gasteiger partial charge in [0.05, 0.1) is 22.3 Å². The topological polar surface area (TPSA) is 52.0 Å². The number of hydrogen-bond acceptors (Lipinski definition) is 4. The van der Waals surface area contributed by atoms with E-state index in [1.54, 1.807) is 22.8 Å². The molecule has 1 heterocycles. The van der Waals surface area contributed by atoms with E-state index in [0.29, 0.717) is 21.6 Å². The van der Waals surface area contributed by atoms with Gasteiger partial charge in [0.25, 0.3) is 5.56 Å². The van der Waals surface area contributed by atoms with Gasteiger partial charge in [-0.25, -0.2) is 4.98 Å². The summed E-state index contributed by atoms with van der Waals surface area (Å²) >= 11 is 4.66. The Labute approximate surface area is 180 Å². The minimum atomic E-state index is -0.136. The fourth-order valence-corrected chi connectivity index (χ4v) is 4.25. The molecule has 0 aliphatic heterocycles. The molecule has 0 bridgehead atoms. The maximum atomic E-state index is 13.3. The number of aromatic nitrogens is 2. The van der Waals surface area contributed by atoms with Crippen LogP contribution < -0.4 is 5.56 Å². The number of ketones is 1. The summed E-state index contributed by atoms with van der Waals surface area (Å²) in [6.45, 7) is 1.96. The largest absolute Gasteiger partial charge is 0.293 e. The second-order valence-electron chi connectivity index (χ2n) is 6.56. The molecule has 0 atom stereocenters. The van der Waals surface area contributed by atoms with E-state index >= 15 is 0 Å². The van der Waals surface area contributed by atoms with Crippen LogP contribution in [0.4, 0.5) is 0 Å². The number of benzene rings is 3. The molecule has 0 aliphatic rings. The van der Waals surface area contributed by atoms with Gasteiger partial charge >= 0.3 is 0 Å². The number of halogens is 1. The molecule has 3 aromatic carbocycles. The van der Waals surface area contributed by atoms with Gasteiger partial charge in [-0.3, -0.25) is 14.2 Å². The summed E-state index contributed by atoms with van der Waals surface area (Å²) in [7, 11) is 0. The molecule has 0 fully saturated rings. The first-order valence-electron chi connectivity index (χ1n) is 9.04. The minimum absolute atomic E-state index is 0.0127. The molecule has 6 heteroatoms. The maximum absolute atomic E-state index is 13.3. The zero-order chi connectivity index (χ0) is 20.4. The number of thioether (sulfide) groups is 1. The molecule has 4 rings (SSSR count). The van der Waals surface area contributed by atoms with Crippen molar-refractivity contribution in [1.29, 1.82) is 0 Å². The molecule has 0 saturated heterocycles. The first-order chi connectivity index (χ1) is 14.0. The van der Waals surface area contributed by atoms with Crippen molar-refractivity contribution in [2.75, 3.05) is 5.75 Å². The van der Waals surface area contributed by atoms with Crippen LogP contribution in [0.2, 0.25) is 0 Å². The molecule has 0 saturated carbocycles. The van der Waals surface area contributed by atoms with Gasteiger partial charge < -0.3 is 0 Å². The van der Waals surface area contributed by atoms with Crippen molar-refractivity contribution >= 4 is 44.4 Å². The lowest BCUT2D eigenvalue weighted by atomic mass is 10.2. The number of aryl methyl sites for hydroxylation is 1. The van der Waals surface area contributed by atoms with E-state index in [-0.39, 0.29) is 17.1 Å². The average molecular weight is 465 g/mol. The second kappa shape index (κ2) is 8.35. The molecule has 4 aromatic rings. The van der Waals surface area contributed by atoms with Crippen molar-refractivity contribution in [2.45, 2.75) is 12.1 Å². The first-order valence-corrected chi connectivity index (χ1v) is 10.8. The van der Waals surface area contributed by atoms with Gasteiger partial charge in [-0.1, -0.05) is 70.2 Å². The zero-order valence-corrected chi connectivity index (χ0v) is 18.0. The highest BCUT2D eigenvalue weighted by Gasteiger charge is 2.16. The summed E-state index contributed by atoms with van der Waals surface area (Å²) in [5, 5.41) is 1.06. The van der Waals surface area contributed by atoms with Crippen LogP contribution in [0.1, 0.15) is 15.9 Å². The normalized spacial score (nSPS) is 11.0. The monoisotopic (exact) mass is 464 g/mol. The molecule has 0 radical (unpaired) electrons. The van der Waals surface area contributed by atoms with Crippen molar-refractivity contribution in [1.82, 2.24) is 9.55 Å². The predicted molar refractivity (Wildman–Crippen MR) is 121 cm³/mol. The van der Waals surface area contributed by atoms with Crippen LogP contribution in [-0.2, 0) is 0 Å². The Kier molecular flexibility index (Phi) is 5.65. The fraction of sp³-hybridized carbons (Fsp3) is 0.0870. The molecule has 29 heavy (non-hydrogen) atoms. The smallest absolute Gasteiger partial charge is 0.266 e. The molecular weight excluding hydrogens is 448 g/mol.